The van der Waals surface area contributed by atoms with E-state index in [0.717, 1.165) is 12.1 Å². The van der Waals surface area contributed by atoms with Crippen molar-refractivity contribution in [2.45, 2.75) is 19.4 Å². The Bertz CT molecular complexity index is 871. The Kier molecular flexibility index (Phi) is 5.54. The van der Waals surface area contributed by atoms with Crippen LogP contribution in [0.25, 0.3) is 0 Å². The first-order valence-corrected chi connectivity index (χ1v) is 8.26. The van der Waals surface area contributed by atoms with Crippen LogP contribution in [0.3, 0.4) is 0 Å². The maximum absolute atomic E-state index is 13.2. The minimum atomic E-state index is -1.11. The minimum absolute atomic E-state index is 0.0561. The molecule has 1 atom stereocenters. The van der Waals surface area contributed by atoms with Crippen molar-refractivity contribution in [2.24, 2.45) is 0 Å². The molecule has 2 aromatic carbocycles. The van der Waals surface area contributed by atoms with Gasteiger partial charge in [-0.3, -0.25) is 9.59 Å². The Hall–Kier alpha value is -3.16. The Morgan fingerprint density at radius 3 is 2.56 bits per heavy atom. The quantitative estimate of drug-likeness (QED) is 0.811. The van der Waals surface area contributed by atoms with Crippen molar-refractivity contribution in [2.75, 3.05) is 18.5 Å². The molecule has 0 fully saturated rings. The largest absolute Gasteiger partial charge is 0.486 e. The normalized spacial score (nSPS) is 13.6. The zero-order valence-corrected chi connectivity index (χ0v) is 14.5. The molecule has 0 unspecified atom stereocenters. The SMILES string of the molecule is C[C@@H](OC(=O)Cc1ccc2c(c1)OCCO2)C(=O)Nc1ccc(F)c(F)c1. The highest BCUT2D eigenvalue weighted by molar-refractivity contribution is 5.95. The topological polar surface area (TPSA) is 73.9 Å². The zero-order chi connectivity index (χ0) is 19.4. The number of amides is 1. The van der Waals surface area contributed by atoms with Gasteiger partial charge in [0.15, 0.2) is 29.2 Å². The van der Waals surface area contributed by atoms with Crippen molar-refractivity contribution < 1.29 is 32.6 Å². The molecule has 0 aromatic heterocycles. The van der Waals surface area contributed by atoms with E-state index in [1.807, 2.05) is 0 Å². The number of benzene rings is 2. The summed E-state index contributed by atoms with van der Waals surface area (Å²) in [6.45, 7) is 2.29. The molecule has 0 saturated carbocycles. The lowest BCUT2D eigenvalue weighted by Gasteiger charge is -2.19. The molecule has 0 radical (unpaired) electrons. The smallest absolute Gasteiger partial charge is 0.311 e. The van der Waals surface area contributed by atoms with Crippen LogP contribution in [0.2, 0.25) is 0 Å². The molecule has 8 heteroatoms. The van der Waals surface area contributed by atoms with Crippen molar-refractivity contribution in [3.05, 3.63) is 53.6 Å². The monoisotopic (exact) mass is 377 g/mol. The molecule has 1 aliphatic rings. The van der Waals surface area contributed by atoms with E-state index in [-0.39, 0.29) is 12.1 Å². The first kappa shape index (κ1) is 18.6. The molecule has 0 aliphatic carbocycles. The van der Waals surface area contributed by atoms with Crippen molar-refractivity contribution >= 4 is 17.6 Å². The van der Waals surface area contributed by atoms with Gasteiger partial charge < -0.3 is 19.5 Å². The van der Waals surface area contributed by atoms with Gasteiger partial charge in [0.05, 0.1) is 6.42 Å². The maximum atomic E-state index is 13.2. The predicted molar refractivity (Wildman–Crippen MR) is 91.7 cm³/mol. The molecule has 3 rings (SSSR count). The Balaban J connectivity index is 1.55. The molecule has 0 saturated heterocycles. The first-order chi connectivity index (χ1) is 12.9. The molecule has 0 bridgehead atoms. The summed E-state index contributed by atoms with van der Waals surface area (Å²) < 4.78 is 42.0. The number of ether oxygens (including phenoxy) is 3. The average molecular weight is 377 g/mol. The molecular formula is C19H17F2NO5. The van der Waals surface area contributed by atoms with E-state index < -0.39 is 29.6 Å². The zero-order valence-electron chi connectivity index (χ0n) is 14.5. The fraction of sp³-hybridized carbons (Fsp3) is 0.263. The van der Waals surface area contributed by atoms with Gasteiger partial charge in [0, 0.05) is 11.8 Å². The van der Waals surface area contributed by atoms with Crippen LogP contribution in [0.15, 0.2) is 36.4 Å². The molecule has 1 aliphatic heterocycles. The second-order valence-electron chi connectivity index (χ2n) is 5.91. The Morgan fingerprint density at radius 1 is 1.07 bits per heavy atom. The van der Waals surface area contributed by atoms with E-state index >= 15 is 0 Å². The van der Waals surface area contributed by atoms with Gasteiger partial charge in [-0.15, -0.1) is 0 Å². The molecule has 142 valence electrons. The molecule has 6 nitrogen and oxygen atoms in total. The third-order valence-electron chi connectivity index (χ3n) is 3.82. The van der Waals surface area contributed by atoms with E-state index in [1.165, 1.54) is 13.0 Å². The summed E-state index contributed by atoms with van der Waals surface area (Å²) in [4.78, 5) is 24.1. The number of nitrogens with one attached hydrogen (secondary N) is 1. The molecule has 2 aromatic rings. The van der Waals surface area contributed by atoms with Gasteiger partial charge in [0.2, 0.25) is 0 Å². The molecule has 1 heterocycles. The number of carbonyl (C=O) groups excluding carboxylic acids is 2. The van der Waals surface area contributed by atoms with Crippen molar-refractivity contribution in [1.82, 2.24) is 0 Å². The van der Waals surface area contributed by atoms with E-state index in [9.17, 15) is 18.4 Å². The van der Waals surface area contributed by atoms with Crippen molar-refractivity contribution in [1.29, 1.82) is 0 Å². The van der Waals surface area contributed by atoms with Gasteiger partial charge in [-0.2, -0.15) is 0 Å². The highest BCUT2D eigenvalue weighted by atomic mass is 19.2. The van der Waals surface area contributed by atoms with E-state index in [0.29, 0.717) is 30.3 Å². The van der Waals surface area contributed by atoms with E-state index in [2.05, 4.69) is 5.32 Å². The van der Waals surface area contributed by atoms with E-state index in [4.69, 9.17) is 14.2 Å². The number of fused-ring (bicyclic) bond motifs is 1. The second kappa shape index (κ2) is 8.03. The summed E-state index contributed by atoms with van der Waals surface area (Å²) in [7, 11) is 0. The molecular weight excluding hydrogens is 360 g/mol. The number of hydrogen-bond acceptors (Lipinski definition) is 5. The number of carbonyl (C=O) groups is 2. The van der Waals surface area contributed by atoms with Crippen LogP contribution in [0.1, 0.15) is 12.5 Å². The Labute approximate surface area is 154 Å². The molecule has 27 heavy (non-hydrogen) atoms. The lowest BCUT2D eigenvalue weighted by molar-refractivity contribution is -0.152. The van der Waals surface area contributed by atoms with Gasteiger partial charge in [0.25, 0.3) is 5.91 Å². The molecule has 1 amide bonds. The summed E-state index contributed by atoms with van der Waals surface area (Å²) in [5.41, 5.74) is 0.714. The summed E-state index contributed by atoms with van der Waals surface area (Å²) in [5, 5.41) is 2.36. The molecule has 0 spiro atoms. The minimum Gasteiger partial charge on any atom is -0.486 e. The number of halogens is 2. The van der Waals surface area contributed by atoms with Crippen LogP contribution in [-0.2, 0) is 20.7 Å². The summed E-state index contributed by atoms with van der Waals surface area (Å²) in [6, 6.07) is 8.04. The highest BCUT2D eigenvalue weighted by Crippen LogP contribution is 2.30. The predicted octanol–water partition coefficient (Wildman–Crippen LogP) is 2.85. The lowest BCUT2D eigenvalue weighted by atomic mass is 10.1. The summed E-state index contributed by atoms with van der Waals surface area (Å²) >= 11 is 0. The van der Waals surface area contributed by atoms with Crippen molar-refractivity contribution in [3.63, 3.8) is 0 Å². The third kappa shape index (κ3) is 4.72. The maximum Gasteiger partial charge on any atom is 0.311 e. The second-order valence-corrected chi connectivity index (χ2v) is 5.91. The van der Waals surface area contributed by atoms with Crippen molar-refractivity contribution in [3.8, 4) is 11.5 Å². The van der Waals surface area contributed by atoms with Gasteiger partial charge in [-0.1, -0.05) is 6.07 Å². The number of anilines is 1. The van der Waals surface area contributed by atoms with Crippen LogP contribution < -0.4 is 14.8 Å². The average Bonchev–Trinajstić information content (AvgIpc) is 2.64. The number of esters is 1. The first-order valence-electron chi connectivity index (χ1n) is 8.26. The summed E-state index contributed by atoms with van der Waals surface area (Å²) in [5.74, 6) is -2.22. The molecule has 1 N–H and O–H groups in total. The van der Waals surface area contributed by atoms with Crippen LogP contribution in [0.5, 0.6) is 11.5 Å². The van der Waals surface area contributed by atoms with Crippen LogP contribution >= 0.6 is 0 Å². The fourth-order valence-electron chi connectivity index (χ4n) is 2.47. The van der Waals surface area contributed by atoms with E-state index in [1.54, 1.807) is 18.2 Å². The highest BCUT2D eigenvalue weighted by Gasteiger charge is 2.20. The Morgan fingerprint density at radius 2 is 1.81 bits per heavy atom. The van der Waals surface area contributed by atoms with Gasteiger partial charge >= 0.3 is 5.97 Å². The van der Waals surface area contributed by atoms with Crippen LogP contribution in [0.4, 0.5) is 14.5 Å². The van der Waals surface area contributed by atoms with Gasteiger partial charge in [-0.05, 0) is 36.8 Å². The van der Waals surface area contributed by atoms with Gasteiger partial charge in [0.1, 0.15) is 13.2 Å². The summed E-state index contributed by atoms with van der Waals surface area (Å²) in [6.07, 6.45) is -1.16. The van der Waals surface area contributed by atoms with Crippen LogP contribution in [0, 0.1) is 11.6 Å². The lowest BCUT2D eigenvalue weighted by Crippen LogP contribution is -2.30. The third-order valence-corrected chi connectivity index (χ3v) is 3.82. The number of hydrogen-bond donors (Lipinski definition) is 1. The standard InChI is InChI=1S/C19H17F2NO5/c1-11(19(24)22-13-3-4-14(20)15(21)10-13)27-18(23)9-12-2-5-16-17(8-12)26-7-6-25-16/h2-5,8,10-11H,6-7,9H2,1H3,(H,22,24)/t11-/m1/s1. The van der Waals surface area contributed by atoms with Gasteiger partial charge in [-0.25, -0.2) is 8.78 Å². The van der Waals surface area contributed by atoms with Crippen LogP contribution in [-0.4, -0.2) is 31.2 Å². The fourth-order valence-corrected chi connectivity index (χ4v) is 2.47. The number of rotatable bonds is 5.